The molecule has 0 aliphatic heterocycles. The van der Waals surface area contributed by atoms with E-state index in [1.54, 1.807) is 12.5 Å². The fraction of sp³-hybridized carbons (Fsp3) is 0.188. The molecule has 2 aromatic heterocycles. The zero-order chi connectivity index (χ0) is 14.1. The molecule has 3 rings (SSSR count). The smallest absolute Gasteiger partial charge is 0.119 e. The van der Waals surface area contributed by atoms with Crippen molar-refractivity contribution in [2.45, 2.75) is 6.10 Å². The maximum atomic E-state index is 10.6. The number of hydrogen-bond donors (Lipinski definition) is 1. The Bertz CT molecular complexity index is 733. The van der Waals surface area contributed by atoms with Crippen LogP contribution in [0.4, 0.5) is 5.69 Å². The number of aliphatic hydroxyl groups excluding tert-OH is 1. The van der Waals surface area contributed by atoms with Gasteiger partial charge in [-0.15, -0.1) is 0 Å². The van der Waals surface area contributed by atoms with Crippen molar-refractivity contribution in [2.75, 3.05) is 19.0 Å². The van der Waals surface area contributed by atoms with Gasteiger partial charge in [-0.25, -0.2) is 4.98 Å². The molecule has 0 aliphatic rings. The van der Waals surface area contributed by atoms with Gasteiger partial charge in [-0.3, -0.25) is 0 Å². The van der Waals surface area contributed by atoms with E-state index in [2.05, 4.69) is 4.98 Å². The number of anilines is 1. The van der Waals surface area contributed by atoms with Crippen molar-refractivity contribution in [1.29, 1.82) is 0 Å². The van der Waals surface area contributed by atoms with Crippen LogP contribution in [0, 0.1) is 0 Å². The van der Waals surface area contributed by atoms with E-state index in [0.717, 1.165) is 22.5 Å². The van der Waals surface area contributed by atoms with Gasteiger partial charge in [-0.2, -0.15) is 0 Å². The second kappa shape index (κ2) is 4.98. The molecule has 0 spiro atoms. The third-order valence-corrected chi connectivity index (χ3v) is 3.46. The van der Waals surface area contributed by atoms with Crippen LogP contribution in [0.15, 0.2) is 55.0 Å². The Labute approximate surface area is 117 Å². The van der Waals surface area contributed by atoms with E-state index in [1.807, 2.05) is 65.9 Å². The Morgan fingerprint density at radius 1 is 1.15 bits per heavy atom. The van der Waals surface area contributed by atoms with Gasteiger partial charge in [0.15, 0.2) is 0 Å². The molecule has 1 unspecified atom stereocenters. The molecule has 0 amide bonds. The van der Waals surface area contributed by atoms with Crippen LogP contribution in [0.3, 0.4) is 0 Å². The van der Waals surface area contributed by atoms with E-state index in [1.165, 1.54) is 0 Å². The molecular weight excluding hydrogens is 250 g/mol. The van der Waals surface area contributed by atoms with Crippen LogP contribution in [0.5, 0.6) is 0 Å². The maximum absolute atomic E-state index is 10.6. The molecule has 102 valence electrons. The molecule has 0 saturated carbocycles. The van der Waals surface area contributed by atoms with Gasteiger partial charge in [-0.1, -0.05) is 18.2 Å². The third-order valence-electron chi connectivity index (χ3n) is 3.46. The number of nitrogens with zero attached hydrogens (tertiary/aromatic N) is 3. The molecule has 0 bridgehead atoms. The molecule has 20 heavy (non-hydrogen) atoms. The molecule has 1 atom stereocenters. The van der Waals surface area contributed by atoms with Gasteiger partial charge in [0.1, 0.15) is 6.10 Å². The maximum Gasteiger partial charge on any atom is 0.119 e. The van der Waals surface area contributed by atoms with E-state index < -0.39 is 6.10 Å². The number of benzene rings is 1. The summed E-state index contributed by atoms with van der Waals surface area (Å²) in [6.07, 6.45) is 2.84. The predicted octanol–water partition coefficient (Wildman–Crippen LogP) is 2.48. The minimum Gasteiger partial charge on any atom is -0.382 e. The predicted molar refractivity (Wildman–Crippen MR) is 80.0 cm³/mol. The fourth-order valence-electron chi connectivity index (χ4n) is 2.34. The monoisotopic (exact) mass is 267 g/mol. The summed E-state index contributed by atoms with van der Waals surface area (Å²) in [5.41, 5.74) is 3.73. The van der Waals surface area contributed by atoms with E-state index >= 15 is 0 Å². The summed E-state index contributed by atoms with van der Waals surface area (Å²) in [5.74, 6) is 0. The molecular formula is C16H17N3O. The van der Waals surface area contributed by atoms with Crippen molar-refractivity contribution in [1.82, 2.24) is 9.38 Å². The molecule has 0 fully saturated rings. The minimum atomic E-state index is -0.673. The number of fused-ring (bicyclic) bond motifs is 1. The van der Waals surface area contributed by atoms with E-state index in [4.69, 9.17) is 0 Å². The lowest BCUT2D eigenvalue weighted by Crippen LogP contribution is -2.10. The van der Waals surface area contributed by atoms with Crippen molar-refractivity contribution in [3.8, 4) is 0 Å². The number of rotatable bonds is 3. The molecule has 2 heterocycles. The quantitative estimate of drug-likeness (QED) is 0.792. The summed E-state index contributed by atoms with van der Waals surface area (Å²) in [5, 5.41) is 10.6. The number of aliphatic hydroxyl groups is 1. The zero-order valence-electron chi connectivity index (χ0n) is 11.6. The number of hydrogen-bond acceptors (Lipinski definition) is 3. The first-order valence-corrected chi connectivity index (χ1v) is 6.53. The largest absolute Gasteiger partial charge is 0.382 e. The summed E-state index contributed by atoms with van der Waals surface area (Å²) in [6, 6.07) is 13.7. The van der Waals surface area contributed by atoms with Crippen LogP contribution < -0.4 is 4.90 Å². The average Bonchev–Trinajstić information content (AvgIpc) is 2.95. The first-order chi connectivity index (χ1) is 9.66. The van der Waals surface area contributed by atoms with Crippen molar-refractivity contribution in [3.05, 3.63) is 66.2 Å². The van der Waals surface area contributed by atoms with E-state index in [9.17, 15) is 5.11 Å². The van der Waals surface area contributed by atoms with Gasteiger partial charge < -0.3 is 14.4 Å². The van der Waals surface area contributed by atoms with Gasteiger partial charge in [0.25, 0.3) is 0 Å². The second-order valence-corrected chi connectivity index (χ2v) is 5.03. The SMILES string of the molecule is CN(C)c1cccc(C(O)c2cccc3cncn23)c1. The summed E-state index contributed by atoms with van der Waals surface area (Å²) in [6.45, 7) is 0. The Hall–Kier alpha value is -2.33. The van der Waals surface area contributed by atoms with Crippen molar-refractivity contribution >= 4 is 11.2 Å². The molecule has 0 aliphatic carbocycles. The van der Waals surface area contributed by atoms with E-state index in [-0.39, 0.29) is 0 Å². The lowest BCUT2D eigenvalue weighted by Gasteiger charge is -2.17. The highest BCUT2D eigenvalue weighted by Crippen LogP contribution is 2.25. The fourth-order valence-corrected chi connectivity index (χ4v) is 2.34. The van der Waals surface area contributed by atoms with Crippen molar-refractivity contribution < 1.29 is 5.11 Å². The Morgan fingerprint density at radius 3 is 2.75 bits per heavy atom. The Kier molecular flexibility index (Phi) is 3.16. The first kappa shape index (κ1) is 12.7. The molecule has 1 N–H and O–H groups in total. The van der Waals surface area contributed by atoms with Crippen molar-refractivity contribution in [3.63, 3.8) is 0 Å². The third kappa shape index (κ3) is 2.14. The Balaban J connectivity index is 2.06. The lowest BCUT2D eigenvalue weighted by atomic mass is 10.0. The van der Waals surface area contributed by atoms with Crippen LogP contribution in [0.25, 0.3) is 5.52 Å². The average molecular weight is 267 g/mol. The topological polar surface area (TPSA) is 40.8 Å². The number of imidazole rings is 1. The number of pyridine rings is 1. The van der Waals surface area contributed by atoms with Gasteiger partial charge in [0, 0.05) is 19.8 Å². The summed E-state index contributed by atoms with van der Waals surface area (Å²) >= 11 is 0. The molecule has 4 nitrogen and oxygen atoms in total. The second-order valence-electron chi connectivity index (χ2n) is 5.03. The van der Waals surface area contributed by atoms with Gasteiger partial charge in [0.05, 0.1) is 23.7 Å². The van der Waals surface area contributed by atoms with Crippen LogP contribution in [0.2, 0.25) is 0 Å². The van der Waals surface area contributed by atoms with Gasteiger partial charge in [0.2, 0.25) is 0 Å². The van der Waals surface area contributed by atoms with Crippen LogP contribution >= 0.6 is 0 Å². The standard InChI is InChI=1S/C16H17N3O/c1-18(2)13-6-3-5-12(9-13)16(20)15-8-4-7-14-10-17-11-19(14)15/h3-11,16,20H,1-2H3. The molecule has 3 aromatic rings. The van der Waals surface area contributed by atoms with Crippen LogP contribution in [0.1, 0.15) is 17.4 Å². The van der Waals surface area contributed by atoms with E-state index in [0.29, 0.717) is 0 Å². The van der Waals surface area contributed by atoms with Gasteiger partial charge >= 0.3 is 0 Å². The molecule has 1 aromatic carbocycles. The normalized spacial score (nSPS) is 12.6. The molecule has 0 saturated heterocycles. The minimum absolute atomic E-state index is 0.673. The highest BCUT2D eigenvalue weighted by Gasteiger charge is 2.14. The lowest BCUT2D eigenvalue weighted by molar-refractivity contribution is 0.214. The van der Waals surface area contributed by atoms with Crippen LogP contribution in [-0.2, 0) is 0 Å². The van der Waals surface area contributed by atoms with Gasteiger partial charge in [-0.05, 0) is 29.8 Å². The van der Waals surface area contributed by atoms with Crippen LogP contribution in [-0.4, -0.2) is 28.6 Å². The number of aromatic nitrogens is 2. The Morgan fingerprint density at radius 2 is 1.95 bits per heavy atom. The zero-order valence-corrected chi connectivity index (χ0v) is 11.6. The molecule has 0 radical (unpaired) electrons. The summed E-state index contributed by atoms with van der Waals surface area (Å²) in [7, 11) is 3.98. The summed E-state index contributed by atoms with van der Waals surface area (Å²) in [4.78, 5) is 6.15. The molecule has 4 heteroatoms. The highest BCUT2D eigenvalue weighted by atomic mass is 16.3. The summed E-state index contributed by atoms with van der Waals surface area (Å²) < 4.78 is 1.91. The highest BCUT2D eigenvalue weighted by molar-refractivity contribution is 5.50. The van der Waals surface area contributed by atoms with Crippen molar-refractivity contribution in [2.24, 2.45) is 0 Å². The first-order valence-electron chi connectivity index (χ1n) is 6.53.